The minimum Gasteiger partial charge on any atom is -0.351 e. The molecule has 0 unspecified atom stereocenters. The second-order valence-corrected chi connectivity index (χ2v) is 10.3. The fraction of sp³-hybridized carbons (Fsp3) is 0.591. The van der Waals surface area contributed by atoms with Crippen LogP contribution in [0.25, 0.3) is 10.9 Å². The number of hydrogen-bond acceptors (Lipinski definition) is 5. The third-order valence-corrected chi connectivity index (χ3v) is 7.86. The second-order valence-electron chi connectivity index (χ2n) is 8.17. The molecule has 2 heterocycles. The van der Waals surface area contributed by atoms with Crippen molar-refractivity contribution in [2.75, 3.05) is 59.9 Å². The highest BCUT2D eigenvalue weighted by Crippen LogP contribution is 2.24. The first-order valence-corrected chi connectivity index (χ1v) is 12.5. The smallest absolute Gasteiger partial charge is 0.267 e. The van der Waals surface area contributed by atoms with Gasteiger partial charge in [0, 0.05) is 64.3 Å². The van der Waals surface area contributed by atoms with E-state index in [4.69, 9.17) is 0 Å². The number of nitrogens with one attached hydrogen (secondary N) is 1. The van der Waals surface area contributed by atoms with Gasteiger partial charge in [-0.15, -0.1) is 0 Å². The molecule has 0 saturated carbocycles. The molecule has 1 aliphatic heterocycles. The molecule has 1 N–H and O–H groups in total. The van der Waals surface area contributed by atoms with Gasteiger partial charge in [0.1, 0.15) is 5.69 Å². The van der Waals surface area contributed by atoms with Crippen LogP contribution in [0.15, 0.2) is 29.2 Å². The molecule has 1 saturated heterocycles. The Labute approximate surface area is 185 Å². The lowest BCUT2D eigenvalue weighted by Gasteiger charge is -2.33. The van der Waals surface area contributed by atoms with Crippen LogP contribution in [0.2, 0.25) is 0 Å². The number of nitrogens with zero attached hydrogens (tertiary/aromatic N) is 4. The van der Waals surface area contributed by atoms with Gasteiger partial charge >= 0.3 is 0 Å². The van der Waals surface area contributed by atoms with Crippen LogP contribution >= 0.6 is 0 Å². The zero-order valence-corrected chi connectivity index (χ0v) is 19.9. The van der Waals surface area contributed by atoms with Crippen LogP contribution < -0.4 is 5.32 Å². The standard InChI is InChI=1S/C22H35N5O3S/c1-5-25-12-14-26(15-13-25)11-7-10-23-22(28)21-17-18-16-19(31(29,30)24(3)4)8-9-20(18)27(21)6-2/h8-9,16-17H,5-7,10-15H2,1-4H3,(H,23,28). The number of aryl methyl sites for hydroxylation is 1. The maximum atomic E-state index is 12.8. The van der Waals surface area contributed by atoms with Crippen molar-refractivity contribution in [1.82, 2.24) is 24.0 Å². The minimum absolute atomic E-state index is 0.120. The van der Waals surface area contributed by atoms with Crippen molar-refractivity contribution in [3.8, 4) is 0 Å². The zero-order chi connectivity index (χ0) is 22.6. The van der Waals surface area contributed by atoms with E-state index in [0.29, 0.717) is 18.8 Å². The summed E-state index contributed by atoms with van der Waals surface area (Å²) in [6.45, 7) is 11.9. The molecule has 31 heavy (non-hydrogen) atoms. The van der Waals surface area contributed by atoms with E-state index in [2.05, 4.69) is 22.0 Å². The average molecular weight is 450 g/mol. The highest BCUT2D eigenvalue weighted by molar-refractivity contribution is 7.89. The lowest BCUT2D eigenvalue weighted by molar-refractivity contribution is 0.0939. The average Bonchev–Trinajstić information content (AvgIpc) is 3.14. The summed E-state index contributed by atoms with van der Waals surface area (Å²) in [6.07, 6.45) is 0.912. The van der Waals surface area contributed by atoms with Gasteiger partial charge in [-0.2, -0.15) is 0 Å². The Morgan fingerprint density at radius 1 is 1.03 bits per heavy atom. The first kappa shape index (κ1) is 23.7. The SMILES string of the molecule is CCN1CCN(CCCNC(=O)c2cc3cc(S(=O)(=O)N(C)C)ccc3n2CC)CC1. The number of benzene rings is 1. The zero-order valence-electron chi connectivity index (χ0n) is 19.1. The van der Waals surface area contributed by atoms with Gasteiger partial charge in [0.25, 0.3) is 5.91 Å². The topological polar surface area (TPSA) is 77.9 Å². The van der Waals surface area contributed by atoms with Crippen molar-refractivity contribution >= 4 is 26.8 Å². The van der Waals surface area contributed by atoms with E-state index >= 15 is 0 Å². The monoisotopic (exact) mass is 449 g/mol. The highest BCUT2D eigenvalue weighted by Gasteiger charge is 2.20. The molecule has 8 nitrogen and oxygen atoms in total. The summed E-state index contributed by atoms with van der Waals surface area (Å²) >= 11 is 0. The number of piperazine rings is 1. The summed E-state index contributed by atoms with van der Waals surface area (Å²) < 4.78 is 28.0. The van der Waals surface area contributed by atoms with Crippen LogP contribution in [-0.4, -0.2) is 92.9 Å². The van der Waals surface area contributed by atoms with Gasteiger partial charge in [-0.25, -0.2) is 12.7 Å². The summed E-state index contributed by atoms with van der Waals surface area (Å²) in [5.41, 5.74) is 1.42. The molecule has 0 radical (unpaired) electrons. The number of amides is 1. The number of likely N-dealkylation sites (N-methyl/N-ethyl adjacent to an activating group) is 1. The van der Waals surface area contributed by atoms with Gasteiger partial charge in [-0.05, 0) is 50.7 Å². The molecule has 1 amide bonds. The third kappa shape index (κ3) is 5.28. The molecular weight excluding hydrogens is 414 g/mol. The van der Waals surface area contributed by atoms with Gasteiger partial charge in [0.15, 0.2) is 0 Å². The van der Waals surface area contributed by atoms with Gasteiger partial charge in [-0.1, -0.05) is 6.92 Å². The van der Waals surface area contributed by atoms with E-state index in [9.17, 15) is 13.2 Å². The van der Waals surface area contributed by atoms with Crippen LogP contribution in [0.4, 0.5) is 0 Å². The van der Waals surface area contributed by atoms with E-state index in [1.54, 1.807) is 24.3 Å². The second kappa shape index (κ2) is 10.1. The summed E-state index contributed by atoms with van der Waals surface area (Å²) in [6, 6.07) is 6.81. The number of aromatic nitrogens is 1. The van der Waals surface area contributed by atoms with Crippen LogP contribution in [0.1, 0.15) is 30.8 Å². The molecule has 0 atom stereocenters. The van der Waals surface area contributed by atoms with E-state index in [0.717, 1.165) is 56.6 Å². The highest BCUT2D eigenvalue weighted by atomic mass is 32.2. The van der Waals surface area contributed by atoms with E-state index < -0.39 is 10.0 Å². The van der Waals surface area contributed by atoms with Crippen molar-refractivity contribution in [3.63, 3.8) is 0 Å². The Hall–Kier alpha value is -1.94. The fourth-order valence-corrected chi connectivity index (χ4v) is 5.01. The third-order valence-electron chi connectivity index (χ3n) is 6.05. The fourth-order valence-electron chi connectivity index (χ4n) is 4.07. The molecule has 0 aliphatic carbocycles. The summed E-state index contributed by atoms with van der Waals surface area (Å²) in [7, 11) is -0.490. The van der Waals surface area contributed by atoms with Crippen molar-refractivity contribution < 1.29 is 13.2 Å². The van der Waals surface area contributed by atoms with E-state index in [1.807, 2.05) is 11.5 Å². The summed E-state index contributed by atoms with van der Waals surface area (Å²) in [4.78, 5) is 18.0. The molecule has 1 fully saturated rings. The van der Waals surface area contributed by atoms with Crippen LogP contribution in [0, 0.1) is 0 Å². The van der Waals surface area contributed by atoms with Gasteiger partial charge in [0.2, 0.25) is 10.0 Å². The minimum atomic E-state index is -3.52. The molecule has 172 valence electrons. The van der Waals surface area contributed by atoms with Gasteiger partial charge in [0.05, 0.1) is 4.90 Å². The molecule has 1 aliphatic rings. The maximum Gasteiger partial charge on any atom is 0.267 e. The molecule has 3 rings (SSSR count). The number of rotatable bonds is 9. The molecule has 1 aromatic heterocycles. The number of carbonyl (C=O) groups is 1. The quantitative estimate of drug-likeness (QED) is 0.589. The Bertz CT molecular complexity index is 1010. The van der Waals surface area contributed by atoms with Crippen molar-refractivity contribution in [2.24, 2.45) is 0 Å². The molecule has 2 aromatic rings. The molecule has 0 spiro atoms. The van der Waals surface area contributed by atoms with Crippen molar-refractivity contribution in [1.29, 1.82) is 0 Å². The Kier molecular flexibility index (Phi) is 7.74. The number of carbonyl (C=O) groups excluding carboxylic acids is 1. The van der Waals surface area contributed by atoms with E-state index in [-0.39, 0.29) is 10.8 Å². The van der Waals surface area contributed by atoms with Gasteiger partial charge < -0.3 is 19.7 Å². The normalized spacial score (nSPS) is 16.3. The predicted molar refractivity (Wildman–Crippen MR) is 124 cm³/mol. The summed E-state index contributed by atoms with van der Waals surface area (Å²) in [5, 5.41) is 3.79. The van der Waals surface area contributed by atoms with Crippen molar-refractivity contribution in [3.05, 3.63) is 30.0 Å². The number of sulfonamides is 1. The Morgan fingerprint density at radius 2 is 1.71 bits per heavy atom. The molecule has 1 aromatic carbocycles. The van der Waals surface area contributed by atoms with Crippen LogP contribution in [0.3, 0.4) is 0 Å². The first-order valence-electron chi connectivity index (χ1n) is 11.1. The number of hydrogen-bond donors (Lipinski definition) is 1. The lowest BCUT2D eigenvalue weighted by atomic mass is 10.2. The van der Waals surface area contributed by atoms with Gasteiger partial charge in [-0.3, -0.25) is 4.79 Å². The van der Waals surface area contributed by atoms with Crippen LogP contribution in [0.5, 0.6) is 0 Å². The molecular formula is C22H35N5O3S. The summed E-state index contributed by atoms with van der Waals surface area (Å²) in [5.74, 6) is -0.120. The maximum absolute atomic E-state index is 12.8. The van der Waals surface area contributed by atoms with Crippen molar-refractivity contribution in [2.45, 2.75) is 31.7 Å². The van der Waals surface area contributed by atoms with Crippen LogP contribution in [-0.2, 0) is 16.6 Å². The molecule has 9 heteroatoms. The molecule has 0 bridgehead atoms. The number of fused-ring (bicyclic) bond motifs is 1. The Balaban J connectivity index is 1.64. The van der Waals surface area contributed by atoms with E-state index in [1.165, 1.54) is 18.4 Å². The first-order chi connectivity index (χ1) is 14.8. The Morgan fingerprint density at radius 3 is 2.32 bits per heavy atom. The largest absolute Gasteiger partial charge is 0.351 e. The predicted octanol–water partition coefficient (Wildman–Crippen LogP) is 1.67. The lowest BCUT2D eigenvalue weighted by Crippen LogP contribution is -2.46.